The van der Waals surface area contributed by atoms with E-state index in [1.54, 1.807) is 17.1 Å². The molecule has 0 radical (unpaired) electrons. The number of nitrogens with zero attached hydrogens (tertiary/aromatic N) is 2. The van der Waals surface area contributed by atoms with Crippen LogP contribution in [0.1, 0.15) is 43.5 Å². The van der Waals surface area contributed by atoms with Crippen LogP contribution in [0.2, 0.25) is 0 Å². The van der Waals surface area contributed by atoms with E-state index in [9.17, 15) is 4.79 Å². The van der Waals surface area contributed by atoms with Crippen LogP contribution in [0, 0.1) is 5.92 Å². The number of hydrogen-bond donors (Lipinski definition) is 1. The molecule has 0 bridgehead atoms. The standard InChI is InChI=1S/C12H21N3O/c1-9(5-4-6-10(2)13)12(16)11-7-14-15(3)8-11/h7-10H,4-6,13H2,1-3H3. The lowest BCUT2D eigenvalue weighted by atomic mass is 9.95. The topological polar surface area (TPSA) is 60.9 Å². The monoisotopic (exact) mass is 223 g/mol. The Morgan fingerprint density at radius 1 is 1.50 bits per heavy atom. The van der Waals surface area contributed by atoms with Gasteiger partial charge in [-0.15, -0.1) is 0 Å². The number of carbonyl (C=O) groups excluding carboxylic acids is 1. The van der Waals surface area contributed by atoms with Crippen molar-refractivity contribution in [2.24, 2.45) is 18.7 Å². The number of ketones is 1. The Labute approximate surface area is 96.8 Å². The van der Waals surface area contributed by atoms with Gasteiger partial charge in [-0.05, 0) is 19.8 Å². The fraction of sp³-hybridized carbons (Fsp3) is 0.667. The SMILES string of the molecule is CC(N)CCCC(C)C(=O)c1cnn(C)c1. The summed E-state index contributed by atoms with van der Waals surface area (Å²) in [7, 11) is 1.82. The fourth-order valence-corrected chi connectivity index (χ4v) is 1.71. The number of Topliss-reactive ketones (excluding diaryl/α,β-unsaturated/α-hetero) is 1. The van der Waals surface area contributed by atoms with E-state index in [0.717, 1.165) is 19.3 Å². The van der Waals surface area contributed by atoms with Crippen LogP contribution < -0.4 is 5.73 Å². The van der Waals surface area contributed by atoms with E-state index in [1.807, 2.05) is 20.9 Å². The molecule has 1 aromatic heterocycles. The highest BCUT2D eigenvalue weighted by Gasteiger charge is 2.16. The highest BCUT2D eigenvalue weighted by molar-refractivity contribution is 5.97. The van der Waals surface area contributed by atoms with Crippen molar-refractivity contribution in [2.45, 2.75) is 39.2 Å². The maximum Gasteiger partial charge on any atom is 0.168 e. The molecule has 0 spiro atoms. The van der Waals surface area contributed by atoms with Gasteiger partial charge in [-0.25, -0.2) is 0 Å². The van der Waals surface area contributed by atoms with Crippen molar-refractivity contribution in [2.75, 3.05) is 0 Å². The van der Waals surface area contributed by atoms with Gasteiger partial charge in [0.2, 0.25) is 0 Å². The largest absolute Gasteiger partial charge is 0.328 e. The van der Waals surface area contributed by atoms with Gasteiger partial charge in [0.25, 0.3) is 0 Å². The third-order valence-corrected chi connectivity index (χ3v) is 2.73. The predicted octanol–water partition coefficient (Wildman–Crippen LogP) is 1.76. The minimum absolute atomic E-state index is 0.0583. The van der Waals surface area contributed by atoms with E-state index in [0.29, 0.717) is 5.56 Å². The van der Waals surface area contributed by atoms with Crippen molar-refractivity contribution in [3.63, 3.8) is 0 Å². The summed E-state index contributed by atoms with van der Waals surface area (Å²) in [6.07, 6.45) is 6.28. The highest BCUT2D eigenvalue weighted by Crippen LogP contribution is 2.14. The average Bonchev–Trinajstić information content (AvgIpc) is 2.63. The minimum atomic E-state index is 0.0583. The summed E-state index contributed by atoms with van der Waals surface area (Å²) >= 11 is 0. The van der Waals surface area contributed by atoms with Crippen LogP contribution in [-0.4, -0.2) is 21.6 Å². The molecule has 4 nitrogen and oxygen atoms in total. The second-order valence-corrected chi connectivity index (χ2v) is 4.58. The van der Waals surface area contributed by atoms with Gasteiger partial charge in [0.1, 0.15) is 0 Å². The Hall–Kier alpha value is -1.16. The maximum absolute atomic E-state index is 11.9. The van der Waals surface area contributed by atoms with Gasteiger partial charge < -0.3 is 5.73 Å². The van der Waals surface area contributed by atoms with Crippen LogP contribution in [-0.2, 0) is 7.05 Å². The number of aromatic nitrogens is 2. The molecule has 90 valence electrons. The molecule has 0 fully saturated rings. The molecule has 2 atom stereocenters. The Morgan fingerprint density at radius 3 is 2.69 bits per heavy atom. The Bertz CT molecular complexity index is 344. The van der Waals surface area contributed by atoms with Crippen LogP contribution in [0.25, 0.3) is 0 Å². The first-order valence-electron chi connectivity index (χ1n) is 5.79. The number of hydrogen-bond acceptors (Lipinski definition) is 3. The predicted molar refractivity (Wildman–Crippen MR) is 64.2 cm³/mol. The van der Waals surface area contributed by atoms with Crippen LogP contribution in [0.4, 0.5) is 0 Å². The van der Waals surface area contributed by atoms with Crippen LogP contribution in [0.3, 0.4) is 0 Å². The smallest absolute Gasteiger partial charge is 0.168 e. The van der Waals surface area contributed by atoms with Crippen molar-refractivity contribution < 1.29 is 4.79 Å². The summed E-state index contributed by atoms with van der Waals surface area (Å²) in [5.74, 6) is 0.237. The summed E-state index contributed by atoms with van der Waals surface area (Å²) < 4.78 is 1.65. The molecule has 0 aliphatic heterocycles. The number of aryl methyl sites for hydroxylation is 1. The first kappa shape index (κ1) is 12.9. The molecule has 1 aromatic rings. The zero-order valence-corrected chi connectivity index (χ0v) is 10.3. The van der Waals surface area contributed by atoms with E-state index < -0.39 is 0 Å². The highest BCUT2D eigenvalue weighted by atomic mass is 16.1. The Kier molecular flexibility index (Phi) is 4.68. The molecular weight excluding hydrogens is 202 g/mol. The Morgan fingerprint density at radius 2 is 2.19 bits per heavy atom. The van der Waals surface area contributed by atoms with Gasteiger partial charge in [-0.1, -0.05) is 13.3 Å². The van der Waals surface area contributed by atoms with Gasteiger partial charge in [-0.3, -0.25) is 9.48 Å². The summed E-state index contributed by atoms with van der Waals surface area (Å²) in [5.41, 5.74) is 6.38. The fourth-order valence-electron chi connectivity index (χ4n) is 1.71. The van der Waals surface area contributed by atoms with E-state index in [-0.39, 0.29) is 17.7 Å². The second kappa shape index (κ2) is 5.80. The number of carbonyl (C=O) groups is 1. The molecule has 0 aliphatic carbocycles. The van der Waals surface area contributed by atoms with Crippen molar-refractivity contribution >= 4 is 5.78 Å². The van der Waals surface area contributed by atoms with Gasteiger partial charge in [0.15, 0.2) is 5.78 Å². The minimum Gasteiger partial charge on any atom is -0.328 e. The Balaban J connectivity index is 2.42. The zero-order chi connectivity index (χ0) is 12.1. The van der Waals surface area contributed by atoms with Gasteiger partial charge in [0, 0.05) is 25.2 Å². The lowest BCUT2D eigenvalue weighted by Gasteiger charge is -2.10. The lowest BCUT2D eigenvalue weighted by Crippen LogP contribution is -2.16. The first-order valence-corrected chi connectivity index (χ1v) is 5.79. The van der Waals surface area contributed by atoms with Gasteiger partial charge >= 0.3 is 0 Å². The van der Waals surface area contributed by atoms with Crippen molar-refractivity contribution in [3.05, 3.63) is 18.0 Å². The molecule has 0 saturated heterocycles. The normalized spacial score (nSPS) is 14.8. The molecule has 16 heavy (non-hydrogen) atoms. The van der Waals surface area contributed by atoms with Gasteiger partial charge in [-0.2, -0.15) is 5.10 Å². The molecule has 4 heteroatoms. The van der Waals surface area contributed by atoms with E-state index >= 15 is 0 Å². The van der Waals surface area contributed by atoms with Gasteiger partial charge in [0.05, 0.1) is 11.8 Å². The molecule has 0 amide bonds. The van der Waals surface area contributed by atoms with Crippen LogP contribution >= 0.6 is 0 Å². The molecule has 2 N–H and O–H groups in total. The third kappa shape index (κ3) is 3.77. The molecule has 0 saturated carbocycles. The first-order chi connectivity index (χ1) is 7.50. The van der Waals surface area contributed by atoms with Crippen molar-refractivity contribution in [1.29, 1.82) is 0 Å². The molecule has 1 rings (SSSR count). The maximum atomic E-state index is 11.9. The lowest BCUT2D eigenvalue weighted by molar-refractivity contribution is 0.0922. The van der Waals surface area contributed by atoms with Crippen molar-refractivity contribution in [1.82, 2.24) is 9.78 Å². The quantitative estimate of drug-likeness (QED) is 0.747. The third-order valence-electron chi connectivity index (χ3n) is 2.73. The molecule has 2 unspecified atom stereocenters. The van der Waals surface area contributed by atoms with Crippen LogP contribution in [0.15, 0.2) is 12.4 Å². The van der Waals surface area contributed by atoms with Crippen LogP contribution in [0.5, 0.6) is 0 Å². The summed E-state index contributed by atoms with van der Waals surface area (Å²) in [4.78, 5) is 11.9. The number of nitrogens with two attached hydrogens (primary N) is 1. The van der Waals surface area contributed by atoms with E-state index in [2.05, 4.69) is 5.10 Å². The summed E-state index contributed by atoms with van der Waals surface area (Å²) in [5, 5.41) is 4.00. The molecular formula is C12H21N3O. The average molecular weight is 223 g/mol. The van der Waals surface area contributed by atoms with E-state index in [4.69, 9.17) is 5.73 Å². The molecule has 1 heterocycles. The number of rotatable bonds is 6. The molecule has 0 aromatic carbocycles. The zero-order valence-electron chi connectivity index (χ0n) is 10.3. The van der Waals surface area contributed by atoms with Crippen molar-refractivity contribution in [3.8, 4) is 0 Å². The van der Waals surface area contributed by atoms with E-state index in [1.165, 1.54) is 0 Å². The summed E-state index contributed by atoms with van der Waals surface area (Å²) in [6.45, 7) is 3.96. The second-order valence-electron chi connectivity index (χ2n) is 4.58. The molecule has 0 aliphatic rings. The summed E-state index contributed by atoms with van der Waals surface area (Å²) in [6, 6.07) is 0.223.